The van der Waals surface area contributed by atoms with E-state index >= 15 is 0 Å². The predicted molar refractivity (Wildman–Crippen MR) is 162 cm³/mol. The first-order chi connectivity index (χ1) is 19.7. The zero-order valence-corrected chi connectivity index (χ0v) is 25.0. The number of thiophene rings is 1. The summed E-state index contributed by atoms with van der Waals surface area (Å²) in [7, 11) is 1.80. The van der Waals surface area contributed by atoms with Crippen LogP contribution in [0.5, 0.6) is 5.75 Å². The number of hydrogen-bond acceptors (Lipinski definition) is 7. The van der Waals surface area contributed by atoms with Gasteiger partial charge in [-0.25, -0.2) is 4.68 Å². The molecule has 41 heavy (non-hydrogen) atoms. The predicted octanol–water partition coefficient (Wildman–Crippen LogP) is 6.88. The first-order valence-electron chi connectivity index (χ1n) is 13.8. The molecule has 3 aromatic heterocycles. The molecule has 0 bridgehead atoms. The van der Waals surface area contributed by atoms with Crippen molar-refractivity contribution in [1.29, 1.82) is 0 Å². The number of halogens is 1. The van der Waals surface area contributed by atoms with Crippen LogP contribution in [0.3, 0.4) is 0 Å². The number of nitrogens with zero attached hydrogens (tertiary/aromatic N) is 5. The van der Waals surface area contributed by atoms with Crippen molar-refractivity contribution in [2.45, 2.75) is 58.2 Å². The molecular formula is C31H32ClN5O3S. The van der Waals surface area contributed by atoms with Gasteiger partial charge in [-0.05, 0) is 83.6 Å². The average Bonchev–Trinajstić information content (AvgIpc) is 3.56. The SMILES string of the molecule is CC[C@@H]1CN(Cc2cc(C(CC(=O)O)c3cc(Cl)c4c(nnn4C)c3C)cc3ccsc23)[C@@H](C)c2ncccc2O1. The first kappa shape index (κ1) is 27.6. The van der Waals surface area contributed by atoms with E-state index in [4.69, 9.17) is 16.3 Å². The largest absolute Gasteiger partial charge is 0.487 e. The number of carboxylic acids is 1. The van der Waals surface area contributed by atoms with Gasteiger partial charge in [0.05, 0.1) is 23.2 Å². The third-order valence-electron chi connectivity index (χ3n) is 8.23. The lowest BCUT2D eigenvalue weighted by atomic mass is 9.84. The van der Waals surface area contributed by atoms with Crippen molar-refractivity contribution in [3.63, 3.8) is 0 Å². The number of rotatable bonds is 7. The minimum absolute atomic E-state index is 0.0492. The number of benzene rings is 2. The highest BCUT2D eigenvalue weighted by Crippen LogP contribution is 2.40. The minimum Gasteiger partial charge on any atom is -0.487 e. The topological polar surface area (TPSA) is 93.4 Å². The molecule has 0 saturated carbocycles. The van der Waals surface area contributed by atoms with Crippen molar-refractivity contribution in [1.82, 2.24) is 24.9 Å². The number of pyridine rings is 1. The lowest BCUT2D eigenvalue weighted by molar-refractivity contribution is -0.137. The van der Waals surface area contributed by atoms with Crippen molar-refractivity contribution in [3.05, 3.63) is 80.9 Å². The maximum atomic E-state index is 12.2. The van der Waals surface area contributed by atoms with Crippen LogP contribution in [0.25, 0.3) is 21.1 Å². The summed E-state index contributed by atoms with van der Waals surface area (Å²) in [6.45, 7) is 7.74. The van der Waals surface area contributed by atoms with Gasteiger partial charge in [-0.2, -0.15) is 0 Å². The summed E-state index contributed by atoms with van der Waals surface area (Å²) < 4.78 is 9.20. The quantitative estimate of drug-likeness (QED) is 0.221. The van der Waals surface area contributed by atoms with Crippen molar-refractivity contribution in [2.75, 3.05) is 6.54 Å². The van der Waals surface area contributed by atoms with E-state index in [0.717, 1.165) is 57.6 Å². The van der Waals surface area contributed by atoms with Crippen LogP contribution in [-0.4, -0.2) is 48.6 Å². The molecule has 1 aliphatic rings. The molecule has 4 heterocycles. The lowest BCUT2D eigenvalue weighted by Crippen LogP contribution is -2.34. The molecule has 0 amide bonds. The molecule has 5 aromatic rings. The fourth-order valence-corrected chi connectivity index (χ4v) is 7.25. The number of fused-ring (bicyclic) bond motifs is 3. The molecular weight excluding hydrogens is 558 g/mol. The zero-order valence-electron chi connectivity index (χ0n) is 23.5. The third-order valence-corrected chi connectivity index (χ3v) is 9.53. The van der Waals surface area contributed by atoms with Crippen LogP contribution in [0.15, 0.2) is 48.0 Å². The van der Waals surface area contributed by atoms with E-state index in [9.17, 15) is 9.90 Å². The van der Waals surface area contributed by atoms with Crippen molar-refractivity contribution in [3.8, 4) is 5.75 Å². The van der Waals surface area contributed by atoms with Crippen LogP contribution in [0, 0.1) is 6.92 Å². The van der Waals surface area contributed by atoms with E-state index in [0.29, 0.717) is 17.1 Å². The number of hydrogen-bond donors (Lipinski definition) is 1. The van der Waals surface area contributed by atoms with Gasteiger partial charge in [-0.15, -0.1) is 16.4 Å². The molecule has 1 N–H and O–H groups in total. The van der Waals surface area contributed by atoms with Crippen LogP contribution in [0.4, 0.5) is 0 Å². The Hall–Kier alpha value is -3.53. The van der Waals surface area contributed by atoms with E-state index in [2.05, 4.69) is 57.6 Å². The summed E-state index contributed by atoms with van der Waals surface area (Å²) >= 11 is 8.43. The van der Waals surface area contributed by atoms with Gasteiger partial charge in [0.15, 0.2) is 0 Å². The van der Waals surface area contributed by atoms with Crippen molar-refractivity contribution < 1.29 is 14.6 Å². The Morgan fingerprint density at radius 3 is 2.90 bits per heavy atom. The average molecular weight is 590 g/mol. The summed E-state index contributed by atoms with van der Waals surface area (Å²) in [5, 5.41) is 22.2. The van der Waals surface area contributed by atoms with Crippen LogP contribution in [0.1, 0.15) is 66.6 Å². The van der Waals surface area contributed by atoms with E-state index in [-0.39, 0.29) is 18.6 Å². The molecule has 0 saturated heterocycles. The lowest BCUT2D eigenvalue weighted by Gasteiger charge is -2.29. The van der Waals surface area contributed by atoms with Crippen molar-refractivity contribution in [2.24, 2.45) is 7.05 Å². The molecule has 8 nitrogen and oxygen atoms in total. The second-order valence-electron chi connectivity index (χ2n) is 10.8. The molecule has 1 aliphatic heterocycles. The molecule has 3 atom stereocenters. The van der Waals surface area contributed by atoms with Crippen molar-refractivity contribution >= 4 is 50.0 Å². The van der Waals surface area contributed by atoms with Gasteiger partial charge in [0.1, 0.15) is 22.9 Å². The Balaban J connectivity index is 1.46. The molecule has 2 aromatic carbocycles. The van der Waals surface area contributed by atoms with Gasteiger partial charge in [0.2, 0.25) is 0 Å². The zero-order chi connectivity index (χ0) is 28.8. The van der Waals surface area contributed by atoms with Crippen LogP contribution in [0.2, 0.25) is 5.02 Å². The number of aliphatic carboxylic acids is 1. The second-order valence-corrected chi connectivity index (χ2v) is 12.1. The number of ether oxygens (including phenoxy) is 1. The first-order valence-corrected chi connectivity index (χ1v) is 15.1. The Morgan fingerprint density at radius 2 is 2.12 bits per heavy atom. The minimum atomic E-state index is -0.872. The van der Waals surface area contributed by atoms with Gasteiger partial charge in [-0.1, -0.05) is 29.8 Å². The number of carboxylic acid groups (broad SMARTS) is 1. The number of carbonyl (C=O) groups is 1. The van der Waals surface area contributed by atoms with Gasteiger partial charge in [-0.3, -0.25) is 14.7 Å². The van der Waals surface area contributed by atoms with E-state index in [1.807, 2.05) is 31.3 Å². The normalized spacial score (nSPS) is 18.3. The van der Waals surface area contributed by atoms with Crippen LogP contribution in [-0.2, 0) is 18.4 Å². The third kappa shape index (κ3) is 5.07. The highest BCUT2D eigenvalue weighted by Gasteiger charge is 2.30. The summed E-state index contributed by atoms with van der Waals surface area (Å²) in [4.78, 5) is 19.3. The van der Waals surface area contributed by atoms with E-state index in [1.54, 1.807) is 23.1 Å². The summed E-state index contributed by atoms with van der Waals surface area (Å²) in [6, 6.07) is 12.3. The summed E-state index contributed by atoms with van der Waals surface area (Å²) in [6.07, 6.45) is 2.69. The van der Waals surface area contributed by atoms with Crippen LogP contribution >= 0.6 is 22.9 Å². The summed E-state index contributed by atoms with van der Waals surface area (Å²) in [5.41, 5.74) is 6.22. The Labute approximate surface area is 247 Å². The molecule has 1 unspecified atom stereocenters. The highest BCUT2D eigenvalue weighted by molar-refractivity contribution is 7.17. The van der Waals surface area contributed by atoms with E-state index < -0.39 is 11.9 Å². The molecule has 0 aliphatic carbocycles. The monoisotopic (exact) mass is 589 g/mol. The second kappa shape index (κ2) is 11.0. The van der Waals surface area contributed by atoms with Gasteiger partial charge >= 0.3 is 5.97 Å². The Morgan fingerprint density at radius 1 is 1.29 bits per heavy atom. The molecule has 212 valence electrons. The Kier molecular flexibility index (Phi) is 7.44. The van der Waals surface area contributed by atoms with Gasteiger partial charge in [0.25, 0.3) is 0 Å². The maximum Gasteiger partial charge on any atom is 0.304 e. The smallest absolute Gasteiger partial charge is 0.304 e. The number of aromatic nitrogens is 4. The molecule has 0 fully saturated rings. The standard InChI is InChI=1S/C31H32ClN5O3S/c1-5-22-16-37(18(3)29-26(40-22)7-6-9-33-29)15-21-12-20(11-19-8-10-41-31(19)21)24(14-27(38)39)23-13-25(32)30-28(17(23)2)34-35-36(30)4/h6-13,18,22,24H,5,14-16H2,1-4H3,(H,38,39)/t18-,22+,24?/m0/s1. The fourth-order valence-electron chi connectivity index (χ4n) is 6.03. The molecule has 6 rings (SSSR count). The maximum absolute atomic E-state index is 12.2. The highest BCUT2D eigenvalue weighted by atomic mass is 35.5. The van der Waals surface area contributed by atoms with Gasteiger partial charge < -0.3 is 9.84 Å². The summed E-state index contributed by atoms with van der Waals surface area (Å²) in [5.74, 6) is -0.434. The van der Waals surface area contributed by atoms with E-state index in [1.165, 1.54) is 4.70 Å². The fraction of sp³-hybridized carbons (Fsp3) is 0.355. The molecule has 0 radical (unpaired) electrons. The van der Waals surface area contributed by atoms with Crippen LogP contribution < -0.4 is 4.74 Å². The molecule has 0 spiro atoms. The number of aryl methyl sites for hydroxylation is 2. The Bertz CT molecular complexity index is 1770. The molecule has 10 heteroatoms. The van der Waals surface area contributed by atoms with Gasteiger partial charge in [0, 0.05) is 37.0 Å².